The molecule has 0 atom stereocenters. The van der Waals surface area contributed by atoms with Gasteiger partial charge in [-0.3, -0.25) is 0 Å². The van der Waals surface area contributed by atoms with E-state index >= 15 is 0 Å². The molecule has 22 heavy (non-hydrogen) atoms. The van der Waals surface area contributed by atoms with Crippen LogP contribution in [0.4, 0.5) is 10.5 Å². The summed E-state index contributed by atoms with van der Waals surface area (Å²) in [5.41, 5.74) is 2.73. The van der Waals surface area contributed by atoms with Crippen molar-refractivity contribution in [3.63, 3.8) is 0 Å². The molecule has 6 heteroatoms. The summed E-state index contributed by atoms with van der Waals surface area (Å²) < 4.78 is 0. The van der Waals surface area contributed by atoms with E-state index in [4.69, 9.17) is 5.11 Å². The van der Waals surface area contributed by atoms with E-state index in [1.54, 1.807) is 17.4 Å². The number of benzene rings is 1. The number of aromatic nitrogens is 1. The average Bonchev–Trinajstić information content (AvgIpc) is 2.94. The second-order valence-electron chi connectivity index (χ2n) is 4.76. The van der Waals surface area contributed by atoms with Crippen LogP contribution in [-0.4, -0.2) is 40.7 Å². The van der Waals surface area contributed by atoms with E-state index in [9.17, 15) is 4.79 Å². The maximum absolute atomic E-state index is 12.1. The lowest BCUT2D eigenvalue weighted by molar-refractivity contribution is 0.195. The topological polar surface area (TPSA) is 65.5 Å². The Labute approximate surface area is 133 Å². The van der Waals surface area contributed by atoms with Gasteiger partial charge in [0.15, 0.2) is 0 Å². The van der Waals surface area contributed by atoms with Gasteiger partial charge in [-0.25, -0.2) is 9.78 Å². The predicted molar refractivity (Wildman–Crippen MR) is 90.2 cm³/mol. The number of hydrogen-bond donors (Lipinski definition) is 2. The molecule has 1 aromatic carbocycles. The summed E-state index contributed by atoms with van der Waals surface area (Å²) in [6.45, 7) is 6.16. The van der Waals surface area contributed by atoms with Crippen LogP contribution in [0.1, 0.15) is 5.69 Å². The van der Waals surface area contributed by atoms with Crippen LogP contribution in [0, 0.1) is 6.92 Å². The zero-order valence-electron chi connectivity index (χ0n) is 12.5. The average molecular weight is 317 g/mol. The summed E-state index contributed by atoms with van der Waals surface area (Å²) in [5.74, 6) is 0. The van der Waals surface area contributed by atoms with Gasteiger partial charge in [-0.05, 0) is 31.2 Å². The number of carbonyl (C=O) groups is 1. The smallest absolute Gasteiger partial charge is 0.322 e. The maximum Gasteiger partial charge on any atom is 0.322 e. The molecule has 2 rings (SSSR count). The number of rotatable bonds is 6. The molecule has 0 bridgehead atoms. The van der Waals surface area contributed by atoms with Crippen molar-refractivity contribution in [2.24, 2.45) is 0 Å². The van der Waals surface area contributed by atoms with Crippen molar-refractivity contribution in [1.29, 1.82) is 0 Å². The molecule has 0 saturated carbocycles. The molecule has 116 valence electrons. The molecule has 0 spiro atoms. The lowest BCUT2D eigenvalue weighted by Crippen LogP contribution is -2.37. The molecule has 0 aliphatic heterocycles. The second kappa shape index (κ2) is 7.72. The van der Waals surface area contributed by atoms with Crippen LogP contribution in [0.2, 0.25) is 0 Å². The summed E-state index contributed by atoms with van der Waals surface area (Å²) in [6, 6.07) is 7.28. The summed E-state index contributed by atoms with van der Waals surface area (Å²) in [7, 11) is 0. The zero-order chi connectivity index (χ0) is 15.9. The van der Waals surface area contributed by atoms with Gasteiger partial charge < -0.3 is 15.3 Å². The van der Waals surface area contributed by atoms with E-state index in [0.29, 0.717) is 12.2 Å². The SMILES string of the molecule is C=CCN(CCO)C(=O)Nc1ccc(-c2nc(C)cs2)cc1. The minimum atomic E-state index is -0.258. The number of carbonyl (C=O) groups excluding carboxylic acids is 1. The first-order valence-corrected chi connectivity index (χ1v) is 7.82. The highest BCUT2D eigenvalue weighted by Gasteiger charge is 2.11. The number of nitrogens with zero attached hydrogens (tertiary/aromatic N) is 2. The van der Waals surface area contributed by atoms with E-state index in [1.165, 1.54) is 4.90 Å². The Bertz CT molecular complexity index is 637. The van der Waals surface area contributed by atoms with Crippen molar-refractivity contribution in [1.82, 2.24) is 9.88 Å². The number of urea groups is 1. The van der Waals surface area contributed by atoms with Gasteiger partial charge in [0.05, 0.1) is 6.61 Å². The molecular formula is C16H19N3O2S. The van der Waals surface area contributed by atoms with Crippen LogP contribution in [0.25, 0.3) is 10.6 Å². The molecule has 0 radical (unpaired) electrons. The Kier molecular flexibility index (Phi) is 5.68. The standard InChI is InChI=1S/C16H19N3O2S/c1-3-8-19(9-10-20)16(21)18-14-6-4-13(5-7-14)15-17-12(2)11-22-15/h3-7,11,20H,1,8-10H2,2H3,(H,18,21). The second-order valence-corrected chi connectivity index (χ2v) is 5.62. The van der Waals surface area contributed by atoms with Crippen LogP contribution in [0.15, 0.2) is 42.3 Å². The molecule has 0 saturated heterocycles. The number of aliphatic hydroxyl groups is 1. The zero-order valence-corrected chi connectivity index (χ0v) is 13.3. The lowest BCUT2D eigenvalue weighted by atomic mass is 10.2. The van der Waals surface area contributed by atoms with Crippen LogP contribution < -0.4 is 5.32 Å². The van der Waals surface area contributed by atoms with Crippen LogP contribution in [-0.2, 0) is 0 Å². The molecule has 0 unspecified atom stereocenters. The van der Waals surface area contributed by atoms with Crippen molar-refractivity contribution < 1.29 is 9.90 Å². The van der Waals surface area contributed by atoms with Crippen LogP contribution in [0.5, 0.6) is 0 Å². The monoisotopic (exact) mass is 317 g/mol. The van der Waals surface area contributed by atoms with Gasteiger partial charge in [0.1, 0.15) is 5.01 Å². The fourth-order valence-electron chi connectivity index (χ4n) is 1.94. The molecule has 0 aliphatic rings. The molecule has 0 fully saturated rings. The van der Waals surface area contributed by atoms with Crippen molar-refractivity contribution in [2.45, 2.75) is 6.92 Å². The van der Waals surface area contributed by atoms with E-state index in [-0.39, 0.29) is 19.2 Å². The predicted octanol–water partition coefficient (Wildman–Crippen LogP) is 3.13. The molecule has 5 nitrogen and oxygen atoms in total. The van der Waals surface area contributed by atoms with E-state index in [0.717, 1.165) is 16.3 Å². The molecular weight excluding hydrogens is 298 g/mol. The summed E-state index contributed by atoms with van der Waals surface area (Å²) in [5, 5.41) is 14.8. The Hall–Kier alpha value is -2.18. The number of aryl methyl sites for hydroxylation is 1. The number of aliphatic hydroxyl groups excluding tert-OH is 1. The van der Waals surface area contributed by atoms with Gasteiger partial charge in [0, 0.05) is 35.4 Å². The van der Waals surface area contributed by atoms with Crippen LogP contribution >= 0.6 is 11.3 Å². The Morgan fingerprint density at radius 1 is 1.45 bits per heavy atom. The molecule has 2 N–H and O–H groups in total. The highest BCUT2D eigenvalue weighted by molar-refractivity contribution is 7.13. The summed E-state index contributed by atoms with van der Waals surface area (Å²) >= 11 is 1.59. The quantitative estimate of drug-likeness (QED) is 0.805. The normalized spacial score (nSPS) is 10.3. The van der Waals surface area contributed by atoms with Gasteiger partial charge in [0.25, 0.3) is 0 Å². The fraction of sp³-hybridized carbons (Fsp3) is 0.250. The first kappa shape index (κ1) is 16.2. The van der Waals surface area contributed by atoms with Crippen LogP contribution in [0.3, 0.4) is 0 Å². The van der Waals surface area contributed by atoms with Crippen molar-refractivity contribution in [3.05, 3.63) is 48.0 Å². The van der Waals surface area contributed by atoms with Crippen molar-refractivity contribution in [3.8, 4) is 10.6 Å². The lowest BCUT2D eigenvalue weighted by Gasteiger charge is -2.20. The largest absolute Gasteiger partial charge is 0.395 e. The number of thiazole rings is 1. The fourth-order valence-corrected chi connectivity index (χ4v) is 2.74. The van der Waals surface area contributed by atoms with Gasteiger partial charge in [-0.2, -0.15) is 0 Å². The maximum atomic E-state index is 12.1. The Morgan fingerprint density at radius 3 is 2.73 bits per heavy atom. The molecule has 2 aromatic rings. The molecule has 1 aromatic heterocycles. The highest BCUT2D eigenvalue weighted by atomic mass is 32.1. The van der Waals surface area contributed by atoms with Crippen molar-refractivity contribution >= 4 is 23.1 Å². The van der Waals surface area contributed by atoms with Gasteiger partial charge in [-0.15, -0.1) is 17.9 Å². The molecule has 1 heterocycles. The van der Waals surface area contributed by atoms with E-state index in [1.807, 2.05) is 36.6 Å². The Balaban J connectivity index is 2.04. The highest BCUT2D eigenvalue weighted by Crippen LogP contribution is 2.24. The van der Waals surface area contributed by atoms with E-state index < -0.39 is 0 Å². The third kappa shape index (κ3) is 4.16. The minimum Gasteiger partial charge on any atom is -0.395 e. The van der Waals surface area contributed by atoms with Gasteiger partial charge in [-0.1, -0.05) is 6.08 Å². The van der Waals surface area contributed by atoms with E-state index in [2.05, 4.69) is 16.9 Å². The molecule has 2 amide bonds. The first-order valence-electron chi connectivity index (χ1n) is 6.94. The molecule has 0 aliphatic carbocycles. The Morgan fingerprint density at radius 2 is 2.18 bits per heavy atom. The first-order chi connectivity index (χ1) is 10.6. The van der Waals surface area contributed by atoms with Crippen molar-refractivity contribution in [2.75, 3.05) is 25.0 Å². The third-order valence-electron chi connectivity index (χ3n) is 3.01. The number of anilines is 1. The minimum absolute atomic E-state index is 0.0798. The number of amides is 2. The number of hydrogen-bond acceptors (Lipinski definition) is 4. The summed E-state index contributed by atoms with van der Waals surface area (Å²) in [6.07, 6.45) is 1.63. The van der Waals surface area contributed by atoms with Gasteiger partial charge in [0.2, 0.25) is 0 Å². The summed E-state index contributed by atoms with van der Waals surface area (Å²) in [4.78, 5) is 18.0. The van der Waals surface area contributed by atoms with Gasteiger partial charge >= 0.3 is 6.03 Å². The third-order valence-corrected chi connectivity index (χ3v) is 4.02. The number of nitrogens with one attached hydrogen (secondary N) is 1.